The topological polar surface area (TPSA) is 9.86 Å². The molecule has 2 aromatic heterocycles. The van der Waals surface area contributed by atoms with Gasteiger partial charge in [0.1, 0.15) is 0 Å². The predicted octanol–water partition coefficient (Wildman–Crippen LogP) is 12.4. The van der Waals surface area contributed by atoms with Crippen LogP contribution in [0.25, 0.3) is 88.0 Å². The number of benzene rings is 8. The second-order valence-electron chi connectivity index (χ2n) is 12.6. The zero-order valence-electron chi connectivity index (χ0n) is 26.2. The summed E-state index contributed by atoms with van der Waals surface area (Å²) in [5.41, 5.74) is 12.0. The predicted molar refractivity (Wildman–Crippen MR) is 203 cm³/mol. The van der Waals surface area contributed by atoms with E-state index in [1.165, 1.54) is 88.0 Å². The highest BCUT2D eigenvalue weighted by Gasteiger charge is 2.20. The summed E-state index contributed by atoms with van der Waals surface area (Å²) in [6.45, 7) is 0. The first-order valence-electron chi connectivity index (χ1n) is 16.5. The van der Waals surface area contributed by atoms with Gasteiger partial charge >= 0.3 is 0 Å². The van der Waals surface area contributed by atoms with E-state index in [9.17, 15) is 0 Å². The Kier molecular flexibility index (Phi) is 5.91. The standard InChI is InChI=1S/C46H30N2/c1-2-14-32(15-3-1)36-17-6-9-22-42(36)48-44-24-11-7-18-38(44)40-21-12-20-37(46(40)48)34-26-28-45-41(30-34)39-19-8-10-23-43(39)47(45)35-27-25-31-13-4-5-16-33(31)29-35/h1-30H. The van der Waals surface area contributed by atoms with Crippen LogP contribution in [0.3, 0.4) is 0 Å². The van der Waals surface area contributed by atoms with E-state index in [2.05, 4.69) is 191 Å². The molecule has 2 heterocycles. The molecule has 0 saturated carbocycles. The second kappa shape index (κ2) is 10.6. The Morgan fingerprint density at radius 1 is 0.312 bits per heavy atom. The van der Waals surface area contributed by atoms with E-state index in [0.717, 1.165) is 0 Å². The Bertz CT molecular complexity index is 2830. The van der Waals surface area contributed by atoms with Gasteiger partial charge in [-0.2, -0.15) is 0 Å². The van der Waals surface area contributed by atoms with Crippen molar-refractivity contribution in [3.63, 3.8) is 0 Å². The molecule has 0 aliphatic rings. The van der Waals surface area contributed by atoms with Gasteiger partial charge in [0.2, 0.25) is 0 Å². The third-order valence-electron chi connectivity index (χ3n) is 9.90. The quantitative estimate of drug-likeness (QED) is 0.188. The van der Waals surface area contributed by atoms with Crippen LogP contribution in [-0.2, 0) is 0 Å². The summed E-state index contributed by atoms with van der Waals surface area (Å²) < 4.78 is 4.89. The zero-order valence-corrected chi connectivity index (χ0v) is 26.2. The van der Waals surface area contributed by atoms with E-state index in [1.54, 1.807) is 0 Å². The highest BCUT2D eigenvalue weighted by Crippen LogP contribution is 2.42. The van der Waals surface area contributed by atoms with Crippen molar-refractivity contribution in [3.05, 3.63) is 182 Å². The number of para-hydroxylation sites is 4. The van der Waals surface area contributed by atoms with Gasteiger partial charge in [-0.15, -0.1) is 0 Å². The van der Waals surface area contributed by atoms with Crippen LogP contribution in [0.5, 0.6) is 0 Å². The first-order valence-corrected chi connectivity index (χ1v) is 16.5. The molecule has 0 N–H and O–H groups in total. The fourth-order valence-corrected chi connectivity index (χ4v) is 7.77. The maximum atomic E-state index is 2.48. The summed E-state index contributed by atoms with van der Waals surface area (Å²) >= 11 is 0. The molecule has 10 aromatic rings. The molecule has 0 spiro atoms. The minimum atomic E-state index is 1.17. The molecular weight excluding hydrogens is 581 g/mol. The van der Waals surface area contributed by atoms with Crippen LogP contribution in [0, 0.1) is 0 Å². The molecule has 0 amide bonds. The van der Waals surface area contributed by atoms with Crippen molar-refractivity contribution in [2.24, 2.45) is 0 Å². The average molecular weight is 611 g/mol. The van der Waals surface area contributed by atoms with Crippen LogP contribution in [0.1, 0.15) is 0 Å². The molecule has 0 unspecified atom stereocenters. The smallest absolute Gasteiger partial charge is 0.0619 e. The van der Waals surface area contributed by atoms with Crippen molar-refractivity contribution in [3.8, 4) is 33.6 Å². The molecule has 10 rings (SSSR count). The SMILES string of the molecule is c1ccc(-c2ccccc2-n2c3ccccc3c3cccc(-c4ccc5c(c4)c4ccccc4n5-c4ccc5ccccc5c4)c32)cc1. The lowest BCUT2D eigenvalue weighted by atomic mass is 9.99. The number of nitrogens with zero attached hydrogens (tertiary/aromatic N) is 2. The highest BCUT2D eigenvalue weighted by molar-refractivity contribution is 6.16. The van der Waals surface area contributed by atoms with Gasteiger partial charge in [-0.25, -0.2) is 0 Å². The lowest BCUT2D eigenvalue weighted by Gasteiger charge is -2.16. The van der Waals surface area contributed by atoms with Gasteiger partial charge in [-0.3, -0.25) is 0 Å². The minimum absolute atomic E-state index is 1.17. The van der Waals surface area contributed by atoms with E-state index in [0.29, 0.717) is 0 Å². The number of hydrogen-bond donors (Lipinski definition) is 0. The van der Waals surface area contributed by atoms with Crippen molar-refractivity contribution in [1.29, 1.82) is 0 Å². The third-order valence-corrected chi connectivity index (χ3v) is 9.90. The minimum Gasteiger partial charge on any atom is -0.309 e. The van der Waals surface area contributed by atoms with Crippen molar-refractivity contribution < 1.29 is 0 Å². The molecule has 2 heteroatoms. The second-order valence-corrected chi connectivity index (χ2v) is 12.6. The van der Waals surface area contributed by atoms with E-state index in [-0.39, 0.29) is 0 Å². The van der Waals surface area contributed by atoms with Crippen LogP contribution in [0.4, 0.5) is 0 Å². The molecule has 8 aromatic carbocycles. The molecular formula is C46H30N2. The summed E-state index contributed by atoms with van der Waals surface area (Å²) in [6.07, 6.45) is 0. The lowest BCUT2D eigenvalue weighted by Crippen LogP contribution is -1.98. The zero-order chi connectivity index (χ0) is 31.6. The number of rotatable bonds is 4. The van der Waals surface area contributed by atoms with Gasteiger partial charge in [0, 0.05) is 38.4 Å². The molecule has 0 fully saturated rings. The summed E-state index contributed by atoms with van der Waals surface area (Å²) in [7, 11) is 0. The van der Waals surface area contributed by atoms with E-state index >= 15 is 0 Å². The van der Waals surface area contributed by atoms with Gasteiger partial charge in [-0.05, 0) is 64.4 Å². The molecule has 0 saturated heterocycles. The van der Waals surface area contributed by atoms with Crippen molar-refractivity contribution >= 4 is 54.4 Å². The Morgan fingerprint density at radius 2 is 0.938 bits per heavy atom. The van der Waals surface area contributed by atoms with Crippen molar-refractivity contribution in [2.45, 2.75) is 0 Å². The molecule has 0 atom stereocenters. The fourth-order valence-electron chi connectivity index (χ4n) is 7.77. The molecule has 0 bridgehead atoms. The monoisotopic (exact) mass is 610 g/mol. The number of fused-ring (bicyclic) bond motifs is 7. The van der Waals surface area contributed by atoms with E-state index in [4.69, 9.17) is 0 Å². The third kappa shape index (κ3) is 4.00. The largest absolute Gasteiger partial charge is 0.309 e. The lowest BCUT2D eigenvalue weighted by molar-refractivity contribution is 1.18. The Balaban J connectivity index is 1.25. The van der Waals surface area contributed by atoms with Crippen LogP contribution < -0.4 is 0 Å². The average Bonchev–Trinajstić information content (AvgIpc) is 3.68. The number of hydrogen-bond acceptors (Lipinski definition) is 0. The van der Waals surface area contributed by atoms with Gasteiger partial charge in [0.15, 0.2) is 0 Å². The van der Waals surface area contributed by atoms with Gasteiger partial charge < -0.3 is 9.13 Å². The van der Waals surface area contributed by atoms with Crippen molar-refractivity contribution in [2.75, 3.05) is 0 Å². The van der Waals surface area contributed by atoms with Crippen LogP contribution in [-0.4, -0.2) is 9.13 Å². The summed E-state index contributed by atoms with van der Waals surface area (Å²) in [4.78, 5) is 0. The molecule has 2 nitrogen and oxygen atoms in total. The maximum Gasteiger partial charge on any atom is 0.0619 e. The van der Waals surface area contributed by atoms with Crippen LogP contribution >= 0.6 is 0 Å². The Labute approximate surface area is 278 Å². The van der Waals surface area contributed by atoms with E-state index < -0.39 is 0 Å². The molecule has 48 heavy (non-hydrogen) atoms. The van der Waals surface area contributed by atoms with Gasteiger partial charge in [0.25, 0.3) is 0 Å². The Hall–Kier alpha value is -6.38. The molecule has 224 valence electrons. The van der Waals surface area contributed by atoms with Gasteiger partial charge in [0.05, 0.1) is 27.8 Å². The Morgan fingerprint density at radius 3 is 1.79 bits per heavy atom. The molecule has 0 aliphatic heterocycles. The van der Waals surface area contributed by atoms with Crippen LogP contribution in [0.15, 0.2) is 182 Å². The maximum absolute atomic E-state index is 2.48. The summed E-state index contributed by atoms with van der Waals surface area (Å²) in [5.74, 6) is 0. The highest BCUT2D eigenvalue weighted by atomic mass is 15.0. The van der Waals surface area contributed by atoms with E-state index in [1.807, 2.05) is 0 Å². The van der Waals surface area contributed by atoms with Crippen molar-refractivity contribution in [1.82, 2.24) is 9.13 Å². The number of aromatic nitrogens is 2. The molecule has 0 aliphatic carbocycles. The summed E-state index contributed by atoms with van der Waals surface area (Å²) in [6, 6.07) is 66.2. The fraction of sp³-hybridized carbons (Fsp3) is 0. The summed E-state index contributed by atoms with van der Waals surface area (Å²) in [5, 5.41) is 7.51. The molecule has 0 radical (unpaired) electrons. The normalized spacial score (nSPS) is 11.8. The first kappa shape index (κ1) is 26.8. The van der Waals surface area contributed by atoms with Crippen LogP contribution in [0.2, 0.25) is 0 Å². The first-order chi connectivity index (χ1) is 23.8. The van der Waals surface area contributed by atoms with Gasteiger partial charge in [-0.1, -0.05) is 140 Å².